The summed E-state index contributed by atoms with van der Waals surface area (Å²) in [7, 11) is -3.53. The Morgan fingerprint density at radius 2 is 1.72 bits per heavy atom. The Hall–Kier alpha value is -1.11. The zero-order valence-corrected chi connectivity index (χ0v) is 11.7. The van der Waals surface area contributed by atoms with Gasteiger partial charge in [-0.25, -0.2) is 0 Å². The zero-order chi connectivity index (χ0) is 13.8. The first-order valence-electron chi connectivity index (χ1n) is 5.85. The quantitative estimate of drug-likeness (QED) is 0.736. The Kier molecular flexibility index (Phi) is 5.13. The molecule has 1 rings (SSSR count). The average Bonchev–Trinajstić information content (AvgIpc) is 2.27. The maximum absolute atomic E-state index is 11.7. The van der Waals surface area contributed by atoms with Crippen molar-refractivity contribution < 1.29 is 13.5 Å². The Balaban J connectivity index is 2.66. The lowest BCUT2D eigenvalue weighted by atomic mass is 10.1. The van der Waals surface area contributed by atoms with Gasteiger partial charge in [0.25, 0.3) is 10.2 Å². The predicted molar refractivity (Wildman–Crippen MR) is 72.5 cm³/mol. The van der Waals surface area contributed by atoms with E-state index in [2.05, 4.69) is 9.44 Å². The highest BCUT2D eigenvalue weighted by Crippen LogP contribution is 2.16. The summed E-state index contributed by atoms with van der Waals surface area (Å²) < 4.78 is 28.2. The highest BCUT2D eigenvalue weighted by atomic mass is 32.2. The Bertz CT molecular complexity index is 467. The summed E-state index contributed by atoms with van der Waals surface area (Å²) >= 11 is 0. The van der Waals surface area contributed by atoms with Crippen LogP contribution in [-0.2, 0) is 10.2 Å². The second-order valence-corrected chi connectivity index (χ2v) is 6.15. The summed E-state index contributed by atoms with van der Waals surface area (Å²) in [4.78, 5) is 0. The fourth-order valence-electron chi connectivity index (χ4n) is 1.30. The molecule has 0 fully saturated rings. The number of hydrogen-bond donors (Lipinski definition) is 3. The van der Waals surface area contributed by atoms with Crippen molar-refractivity contribution in [3.8, 4) is 0 Å². The lowest BCUT2D eigenvalue weighted by Gasteiger charge is -2.11. The molecule has 1 unspecified atom stereocenters. The van der Waals surface area contributed by atoms with Gasteiger partial charge in [0.1, 0.15) is 0 Å². The SMILES string of the molecule is CC(C)CNS(=O)(=O)Nc1ccc(C(C)O)cc1. The van der Waals surface area contributed by atoms with Crippen molar-refractivity contribution in [1.29, 1.82) is 0 Å². The first-order valence-corrected chi connectivity index (χ1v) is 7.34. The second kappa shape index (κ2) is 6.17. The lowest BCUT2D eigenvalue weighted by Crippen LogP contribution is -2.32. The molecular weight excluding hydrogens is 252 g/mol. The molecule has 0 spiro atoms. The maximum atomic E-state index is 11.7. The van der Waals surface area contributed by atoms with Crippen LogP contribution in [0.15, 0.2) is 24.3 Å². The topological polar surface area (TPSA) is 78.4 Å². The van der Waals surface area contributed by atoms with Gasteiger partial charge in [0, 0.05) is 12.2 Å². The summed E-state index contributed by atoms with van der Waals surface area (Å²) in [6, 6.07) is 6.61. The normalized spacial score (nSPS) is 13.6. The molecule has 18 heavy (non-hydrogen) atoms. The van der Waals surface area contributed by atoms with Gasteiger partial charge in [0.05, 0.1) is 6.10 Å². The molecule has 0 aliphatic carbocycles. The smallest absolute Gasteiger partial charge is 0.299 e. The lowest BCUT2D eigenvalue weighted by molar-refractivity contribution is 0.199. The number of aliphatic hydroxyl groups excluding tert-OH is 1. The van der Waals surface area contributed by atoms with Crippen LogP contribution in [0.4, 0.5) is 5.69 Å². The fourth-order valence-corrected chi connectivity index (χ4v) is 2.37. The van der Waals surface area contributed by atoms with Crippen molar-refractivity contribution in [2.45, 2.75) is 26.9 Å². The van der Waals surface area contributed by atoms with E-state index >= 15 is 0 Å². The standard InChI is InChI=1S/C12H20N2O3S/c1-9(2)8-13-18(16,17)14-12-6-4-11(5-7-12)10(3)15/h4-7,9-10,13-15H,8H2,1-3H3. The molecule has 0 heterocycles. The van der Waals surface area contributed by atoms with Crippen LogP contribution >= 0.6 is 0 Å². The van der Waals surface area contributed by atoms with E-state index in [0.717, 1.165) is 5.56 Å². The molecule has 0 aliphatic rings. The van der Waals surface area contributed by atoms with Crippen LogP contribution in [0.1, 0.15) is 32.4 Å². The number of benzene rings is 1. The maximum Gasteiger partial charge on any atom is 0.299 e. The largest absolute Gasteiger partial charge is 0.389 e. The fraction of sp³-hybridized carbons (Fsp3) is 0.500. The number of aliphatic hydroxyl groups is 1. The van der Waals surface area contributed by atoms with Crippen molar-refractivity contribution in [3.05, 3.63) is 29.8 Å². The molecule has 6 heteroatoms. The van der Waals surface area contributed by atoms with E-state index in [1.165, 1.54) is 0 Å². The van der Waals surface area contributed by atoms with Gasteiger partial charge in [-0.1, -0.05) is 26.0 Å². The van der Waals surface area contributed by atoms with Crippen molar-refractivity contribution in [3.63, 3.8) is 0 Å². The monoisotopic (exact) mass is 272 g/mol. The van der Waals surface area contributed by atoms with E-state index in [1.54, 1.807) is 31.2 Å². The van der Waals surface area contributed by atoms with Gasteiger partial charge in [0.15, 0.2) is 0 Å². The first-order chi connectivity index (χ1) is 8.30. The molecule has 0 radical (unpaired) electrons. The van der Waals surface area contributed by atoms with E-state index in [-0.39, 0.29) is 5.92 Å². The first kappa shape index (κ1) is 14.9. The van der Waals surface area contributed by atoms with E-state index in [9.17, 15) is 13.5 Å². The van der Waals surface area contributed by atoms with Crippen molar-refractivity contribution in [2.75, 3.05) is 11.3 Å². The Morgan fingerprint density at radius 3 is 2.17 bits per heavy atom. The average molecular weight is 272 g/mol. The minimum absolute atomic E-state index is 0.249. The van der Waals surface area contributed by atoms with Gasteiger partial charge in [-0.05, 0) is 30.5 Å². The molecule has 0 amide bonds. The number of hydrogen-bond acceptors (Lipinski definition) is 3. The summed E-state index contributed by atoms with van der Waals surface area (Å²) in [5, 5.41) is 9.34. The van der Waals surface area contributed by atoms with Crippen LogP contribution in [0.3, 0.4) is 0 Å². The van der Waals surface area contributed by atoms with Gasteiger partial charge < -0.3 is 5.11 Å². The highest BCUT2D eigenvalue weighted by molar-refractivity contribution is 7.90. The van der Waals surface area contributed by atoms with E-state index in [0.29, 0.717) is 12.2 Å². The third kappa shape index (κ3) is 5.03. The van der Waals surface area contributed by atoms with Crippen LogP contribution in [0, 0.1) is 5.92 Å². The zero-order valence-electron chi connectivity index (χ0n) is 10.8. The second-order valence-electron chi connectivity index (χ2n) is 4.65. The van der Waals surface area contributed by atoms with Crippen molar-refractivity contribution in [1.82, 2.24) is 4.72 Å². The summed E-state index contributed by atoms with van der Waals surface area (Å²) in [6.07, 6.45) is -0.560. The summed E-state index contributed by atoms with van der Waals surface area (Å²) in [6.45, 7) is 5.91. The van der Waals surface area contributed by atoms with E-state index < -0.39 is 16.3 Å². The number of rotatable bonds is 6. The van der Waals surface area contributed by atoms with Gasteiger partial charge in [0.2, 0.25) is 0 Å². The molecule has 5 nitrogen and oxygen atoms in total. The predicted octanol–water partition coefficient (Wildman–Crippen LogP) is 1.64. The van der Waals surface area contributed by atoms with Crippen LogP contribution in [0.2, 0.25) is 0 Å². The third-order valence-electron chi connectivity index (χ3n) is 2.33. The van der Waals surface area contributed by atoms with Crippen LogP contribution < -0.4 is 9.44 Å². The minimum atomic E-state index is -3.53. The number of nitrogens with one attached hydrogen (secondary N) is 2. The Labute approximate surface area is 108 Å². The molecule has 102 valence electrons. The van der Waals surface area contributed by atoms with Crippen molar-refractivity contribution >= 4 is 15.9 Å². The molecular formula is C12H20N2O3S. The highest BCUT2D eigenvalue weighted by Gasteiger charge is 2.10. The molecule has 0 saturated heterocycles. The molecule has 3 N–H and O–H groups in total. The van der Waals surface area contributed by atoms with Crippen LogP contribution in [-0.4, -0.2) is 20.1 Å². The summed E-state index contributed by atoms with van der Waals surface area (Å²) in [5.41, 5.74) is 1.21. The molecule has 0 saturated carbocycles. The minimum Gasteiger partial charge on any atom is -0.389 e. The molecule has 0 bridgehead atoms. The van der Waals surface area contributed by atoms with Crippen molar-refractivity contribution in [2.24, 2.45) is 5.92 Å². The summed E-state index contributed by atoms with van der Waals surface area (Å²) in [5.74, 6) is 0.249. The molecule has 1 aromatic carbocycles. The van der Waals surface area contributed by atoms with E-state index in [4.69, 9.17) is 0 Å². The molecule has 0 aliphatic heterocycles. The van der Waals surface area contributed by atoms with Gasteiger partial charge in [-0.3, -0.25) is 4.72 Å². The molecule has 1 aromatic rings. The molecule has 0 aromatic heterocycles. The van der Waals surface area contributed by atoms with E-state index in [1.807, 2.05) is 13.8 Å². The van der Waals surface area contributed by atoms with Gasteiger partial charge in [-0.2, -0.15) is 13.1 Å². The van der Waals surface area contributed by atoms with Crippen LogP contribution in [0.5, 0.6) is 0 Å². The Morgan fingerprint density at radius 1 is 1.17 bits per heavy atom. The third-order valence-corrected chi connectivity index (χ3v) is 3.38. The molecule has 1 atom stereocenters. The van der Waals surface area contributed by atoms with Gasteiger partial charge in [-0.15, -0.1) is 0 Å². The van der Waals surface area contributed by atoms with Crippen LogP contribution in [0.25, 0.3) is 0 Å². The number of anilines is 1. The van der Waals surface area contributed by atoms with Gasteiger partial charge >= 0.3 is 0 Å².